The van der Waals surface area contributed by atoms with Gasteiger partial charge >= 0.3 is 0 Å². The van der Waals surface area contributed by atoms with Gasteiger partial charge in [0.2, 0.25) is 11.9 Å². The van der Waals surface area contributed by atoms with E-state index >= 15 is 0 Å². The van der Waals surface area contributed by atoms with Crippen LogP contribution in [0, 0.1) is 0 Å². The van der Waals surface area contributed by atoms with Crippen LogP contribution in [0.25, 0.3) is 0 Å². The summed E-state index contributed by atoms with van der Waals surface area (Å²) in [4.78, 5) is 16.8. The van der Waals surface area contributed by atoms with E-state index in [0.717, 1.165) is 37.4 Å². The number of aromatic nitrogens is 3. The van der Waals surface area contributed by atoms with Crippen molar-refractivity contribution >= 4 is 41.6 Å². The normalized spacial score (nSPS) is 14.2. The van der Waals surface area contributed by atoms with Gasteiger partial charge in [-0.1, -0.05) is 11.6 Å². The van der Waals surface area contributed by atoms with Crippen LogP contribution in [0.2, 0.25) is 5.02 Å². The van der Waals surface area contributed by atoms with Crippen molar-refractivity contribution in [3.8, 4) is 5.75 Å². The number of carbonyl (C=O) groups is 1. The molecule has 0 radical (unpaired) electrons. The van der Waals surface area contributed by atoms with Gasteiger partial charge in [-0.15, -0.1) is 12.4 Å². The van der Waals surface area contributed by atoms with Gasteiger partial charge in [0.05, 0.1) is 12.8 Å². The zero-order chi connectivity index (χ0) is 19.2. The van der Waals surface area contributed by atoms with E-state index in [9.17, 15) is 4.79 Å². The zero-order valence-corrected chi connectivity index (χ0v) is 17.6. The molecule has 3 N–H and O–H groups in total. The quantitative estimate of drug-likeness (QED) is 0.627. The number of carbonyl (C=O) groups excluding carboxylic acids is 1. The summed E-state index contributed by atoms with van der Waals surface area (Å²) in [6.45, 7) is 2.40. The van der Waals surface area contributed by atoms with E-state index in [1.54, 1.807) is 37.0 Å². The molecule has 0 spiro atoms. The summed E-state index contributed by atoms with van der Waals surface area (Å²) >= 11 is 6.01. The first-order valence-corrected chi connectivity index (χ1v) is 9.43. The van der Waals surface area contributed by atoms with Crippen LogP contribution < -0.4 is 20.7 Å². The number of hydrogen-bond acceptors (Lipinski definition) is 6. The first-order chi connectivity index (χ1) is 13.1. The highest BCUT2D eigenvalue weighted by molar-refractivity contribution is 6.30. The van der Waals surface area contributed by atoms with E-state index in [0.29, 0.717) is 29.2 Å². The van der Waals surface area contributed by atoms with Gasteiger partial charge in [-0.05, 0) is 44.1 Å². The van der Waals surface area contributed by atoms with Crippen molar-refractivity contribution in [3.05, 3.63) is 29.0 Å². The van der Waals surface area contributed by atoms with Crippen molar-refractivity contribution < 1.29 is 9.53 Å². The number of rotatable bonds is 7. The highest BCUT2D eigenvalue weighted by Gasteiger charge is 2.21. The van der Waals surface area contributed by atoms with Crippen molar-refractivity contribution in [2.24, 2.45) is 7.05 Å². The molecule has 1 aromatic heterocycles. The van der Waals surface area contributed by atoms with E-state index in [4.69, 9.17) is 16.3 Å². The second kappa shape index (κ2) is 10.5. The topological polar surface area (TPSA) is 93.1 Å². The number of nitrogens with zero attached hydrogens (tertiary/aromatic N) is 3. The van der Waals surface area contributed by atoms with Crippen LogP contribution in [0.1, 0.15) is 31.0 Å². The standard InChI is InChI=1S/C18H25ClN6O2.ClH/c1-25-18(23-17(24-25)12-5-8-20-9-6-12)22-16(26)7-10-21-14-11-13(19)3-4-15(14)27-2;/h3-4,11-12,20-21H,5-10H2,1-2H3,(H,22,23,24,26);1H. The number of aryl methyl sites for hydroxylation is 1. The maximum absolute atomic E-state index is 12.3. The fraction of sp³-hybridized carbons (Fsp3) is 0.500. The number of anilines is 2. The molecule has 10 heteroatoms. The Hall–Kier alpha value is -2.03. The van der Waals surface area contributed by atoms with E-state index in [2.05, 4.69) is 26.0 Å². The molecule has 0 unspecified atom stereocenters. The van der Waals surface area contributed by atoms with Crippen molar-refractivity contribution in [1.82, 2.24) is 20.1 Å². The molecule has 2 aromatic rings. The van der Waals surface area contributed by atoms with Gasteiger partial charge in [0, 0.05) is 31.0 Å². The Bertz CT molecular complexity index is 792. The lowest BCUT2D eigenvalue weighted by atomic mass is 9.98. The number of halogens is 2. The third kappa shape index (κ3) is 5.73. The van der Waals surface area contributed by atoms with Crippen molar-refractivity contribution in [1.29, 1.82) is 0 Å². The Morgan fingerprint density at radius 1 is 1.39 bits per heavy atom. The summed E-state index contributed by atoms with van der Waals surface area (Å²) in [7, 11) is 3.39. The van der Waals surface area contributed by atoms with Gasteiger partial charge in [0.25, 0.3) is 0 Å². The molecule has 1 fully saturated rings. The summed E-state index contributed by atoms with van der Waals surface area (Å²) in [6.07, 6.45) is 2.32. The third-order valence-corrected chi connectivity index (χ3v) is 4.80. The molecule has 1 saturated heterocycles. The van der Waals surface area contributed by atoms with E-state index in [-0.39, 0.29) is 24.7 Å². The molecule has 0 atom stereocenters. The minimum atomic E-state index is -0.129. The predicted octanol–water partition coefficient (Wildman–Crippen LogP) is 2.81. The number of amides is 1. The lowest BCUT2D eigenvalue weighted by molar-refractivity contribution is -0.116. The molecular formula is C18H26Cl2N6O2. The van der Waals surface area contributed by atoms with E-state index in [1.807, 2.05) is 0 Å². The fourth-order valence-electron chi connectivity index (χ4n) is 3.08. The first-order valence-electron chi connectivity index (χ1n) is 9.05. The Kier molecular flexibility index (Phi) is 8.35. The largest absolute Gasteiger partial charge is 0.495 e. The summed E-state index contributed by atoms with van der Waals surface area (Å²) in [6, 6.07) is 5.31. The van der Waals surface area contributed by atoms with Gasteiger partial charge in [-0.2, -0.15) is 10.1 Å². The molecule has 8 nitrogen and oxygen atoms in total. The molecule has 1 aliphatic rings. The molecule has 1 aliphatic heterocycles. The Balaban J connectivity index is 0.00000280. The Morgan fingerprint density at radius 3 is 2.86 bits per heavy atom. The van der Waals surface area contributed by atoms with Crippen molar-refractivity contribution in [2.45, 2.75) is 25.2 Å². The first kappa shape index (κ1) is 22.3. The molecular weight excluding hydrogens is 403 g/mol. The average molecular weight is 429 g/mol. The highest BCUT2D eigenvalue weighted by atomic mass is 35.5. The monoisotopic (exact) mass is 428 g/mol. The molecule has 3 rings (SSSR count). The summed E-state index contributed by atoms with van der Waals surface area (Å²) in [5, 5.41) is 14.4. The van der Waals surface area contributed by atoms with Gasteiger partial charge in [-0.25, -0.2) is 4.68 Å². The Morgan fingerprint density at radius 2 is 2.14 bits per heavy atom. The van der Waals surface area contributed by atoms with Gasteiger partial charge in [-0.3, -0.25) is 10.1 Å². The predicted molar refractivity (Wildman–Crippen MR) is 113 cm³/mol. The minimum Gasteiger partial charge on any atom is -0.495 e. The number of hydrogen-bond donors (Lipinski definition) is 3. The second-order valence-electron chi connectivity index (χ2n) is 6.51. The van der Waals surface area contributed by atoms with Gasteiger partial charge in [0.1, 0.15) is 5.75 Å². The van der Waals surface area contributed by atoms with Crippen LogP contribution in [-0.4, -0.2) is 47.4 Å². The second-order valence-corrected chi connectivity index (χ2v) is 6.95. The van der Waals surface area contributed by atoms with Crippen molar-refractivity contribution in [2.75, 3.05) is 37.4 Å². The number of ether oxygens (including phenoxy) is 1. The number of methoxy groups -OCH3 is 1. The van der Waals surface area contributed by atoms with Crippen LogP contribution >= 0.6 is 24.0 Å². The molecule has 0 aliphatic carbocycles. The van der Waals surface area contributed by atoms with Crippen LogP contribution in [0.3, 0.4) is 0 Å². The van der Waals surface area contributed by atoms with Gasteiger partial charge in [0.15, 0.2) is 5.82 Å². The minimum absolute atomic E-state index is 0. The number of benzene rings is 1. The summed E-state index contributed by atoms with van der Waals surface area (Å²) in [5.74, 6) is 2.18. The fourth-order valence-corrected chi connectivity index (χ4v) is 3.25. The molecule has 1 aromatic carbocycles. The van der Waals surface area contributed by atoms with Crippen LogP contribution in [-0.2, 0) is 11.8 Å². The molecule has 154 valence electrons. The zero-order valence-electron chi connectivity index (χ0n) is 16.0. The average Bonchev–Trinajstić information content (AvgIpc) is 3.03. The molecule has 0 bridgehead atoms. The van der Waals surface area contributed by atoms with E-state index in [1.165, 1.54) is 0 Å². The summed E-state index contributed by atoms with van der Waals surface area (Å²) < 4.78 is 6.91. The lowest BCUT2D eigenvalue weighted by Crippen LogP contribution is -2.27. The third-order valence-electron chi connectivity index (χ3n) is 4.56. The van der Waals surface area contributed by atoms with E-state index < -0.39 is 0 Å². The molecule has 1 amide bonds. The van der Waals surface area contributed by atoms with Crippen LogP contribution in [0.5, 0.6) is 5.75 Å². The molecule has 0 saturated carbocycles. The number of nitrogens with one attached hydrogen (secondary N) is 3. The molecule has 28 heavy (non-hydrogen) atoms. The maximum atomic E-state index is 12.3. The molecule has 2 heterocycles. The smallest absolute Gasteiger partial charge is 0.228 e. The van der Waals surface area contributed by atoms with Gasteiger partial charge < -0.3 is 15.4 Å². The van der Waals surface area contributed by atoms with Crippen LogP contribution in [0.4, 0.5) is 11.6 Å². The summed E-state index contributed by atoms with van der Waals surface area (Å²) in [5.41, 5.74) is 0.754. The number of piperidine rings is 1. The highest BCUT2D eigenvalue weighted by Crippen LogP contribution is 2.27. The maximum Gasteiger partial charge on any atom is 0.228 e. The Labute approximate surface area is 175 Å². The SMILES string of the molecule is COc1ccc(Cl)cc1NCCC(=O)Nc1nc(C2CCNCC2)nn1C.Cl. The van der Waals surface area contributed by atoms with Crippen molar-refractivity contribution in [3.63, 3.8) is 0 Å². The lowest BCUT2D eigenvalue weighted by Gasteiger charge is -2.19. The van der Waals surface area contributed by atoms with Crippen LogP contribution in [0.15, 0.2) is 18.2 Å².